The Balaban J connectivity index is 1.33. The van der Waals surface area contributed by atoms with E-state index in [0.717, 1.165) is 16.6 Å². The minimum atomic E-state index is -0.105. The van der Waals surface area contributed by atoms with Crippen LogP contribution in [-0.2, 0) is 4.79 Å². The Morgan fingerprint density at radius 2 is 1.73 bits per heavy atom. The summed E-state index contributed by atoms with van der Waals surface area (Å²) in [6.07, 6.45) is 0. The molecule has 0 saturated heterocycles. The van der Waals surface area contributed by atoms with Crippen molar-refractivity contribution in [3.05, 3.63) is 72.6 Å². The molecule has 2 aromatic carbocycles. The van der Waals surface area contributed by atoms with E-state index in [0.29, 0.717) is 17.1 Å². The number of para-hydroxylation sites is 1. The van der Waals surface area contributed by atoms with E-state index < -0.39 is 0 Å². The van der Waals surface area contributed by atoms with Crippen molar-refractivity contribution >= 4 is 29.0 Å². The van der Waals surface area contributed by atoms with Gasteiger partial charge >= 0.3 is 0 Å². The van der Waals surface area contributed by atoms with Crippen molar-refractivity contribution in [3.63, 3.8) is 0 Å². The smallest absolute Gasteiger partial charge is 0.234 e. The molecule has 8 heteroatoms. The maximum absolute atomic E-state index is 12.3. The zero-order chi connectivity index (χ0) is 20.9. The molecule has 2 heterocycles. The van der Waals surface area contributed by atoms with Gasteiger partial charge in [0.25, 0.3) is 0 Å². The normalized spacial score (nSPS) is 11.0. The molecular formula is C22H21N5O2S. The second-order valence-electron chi connectivity index (χ2n) is 6.93. The standard InChI is InChI=1S/C22H21N5O2S/c1-15(2)22-25-24-19-12-13-21(26-27(19)22)30-14-20(28)23-16-8-10-18(11-9-16)29-17-6-4-3-5-7-17/h3-13,15H,14H2,1-2H3,(H,23,28). The van der Waals surface area contributed by atoms with Gasteiger partial charge in [0.15, 0.2) is 11.5 Å². The second kappa shape index (κ2) is 8.96. The van der Waals surface area contributed by atoms with Gasteiger partial charge in [-0.3, -0.25) is 4.79 Å². The first kappa shape index (κ1) is 19.9. The Labute approximate surface area is 178 Å². The van der Waals surface area contributed by atoms with Crippen LogP contribution in [-0.4, -0.2) is 31.5 Å². The van der Waals surface area contributed by atoms with Crippen molar-refractivity contribution in [2.24, 2.45) is 0 Å². The number of hydrogen-bond acceptors (Lipinski definition) is 6. The third kappa shape index (κ3) is 4.77. The van der Waals surface area contributed by atoms with E-state index in [4.69, 9.17) is 4.74 Å². The lowest BCUT2D eigenvalue weighted by Crippen LogP contribution is -2.14. The fraction of sp³-hybridized carbons (Fsp3) is 0.182. The van der Waals surface area contributed by atoms with Crippen LogP contribution in [0.15, 0.2) is 71.8 Å². The number of thioether (sulfide) groups is 1. The Hall–Kier alpha value is -3.39. The zero-order valence-corrected chi connectivity index (χ0v) is 17.5. The van der Waals surface area contributed by atoms with E-state index in [1.807, 2.05) is 80.6 Å². The van der Waals surface area contributed by atoms with Gasteiger partial charge in [0.2, 0.25) is 5.91 Å². The number of aromatic nitrogens is 4. The first-order chi connectivity index (χ1) is 14.6. The van der Waals surface area contributed by atoms with Crippen LogP contribution in [0.4, 0.5) is 5.69 Å². The van der Waals surface area contributed by atoms with Crippen LogP contribution in [0.1, 0.15) is 25.6 Å². The molecule has 30 heavy (non-hydrogen) atoms. The van der Waals surface area contributed by atoms with Crippen LogP contribution in [0.25, 0.3) is 5.65 Å². The van der Waals surface area contributed by atoms with Crippen LogP contribution >= 0.6 is 11.8 Å². The van der Waals surface area contributed by atoms with E-state index in [1.165, 1.54) is 11.8 Å². The summed E-state index contributed by atoms with van der Waals surface area (Å²) in [5, 5.41) is 16.5. The lowest BCUT2D eigenvalue weighted by atomic mass is 10.2. The van der Waals surface area contributed by atoms with Gasteiger partial charge in [-0.1, -0.05) is 43.8 Å². The predicted molar refractivity (Wildman–Crippen MR) is 117 cm³/mol. The highest BCUT2D eigenvalue weighted by atomic mass is 32.2. The van der Waals surface area contributed by atoms with E-state index in [1.54, 1.807) is 4.52 Å². The summed E-state index contributed by atoms with van der Waals surface area (Å²) < 4.78 is 7.49. The summed E-state index contributed by atoms with van der Waals surface area (Å²) in [6, 6.07) is 20.5. The average Bonchev–Trinajstić information content (AvgIpc) is 3.18. The molecule has 0 spiro atoms. The van der Waals surface area contributed by atoms with Crippen molar-refractivity contribution in [2.45, 2.75) is 24.8 Å². The van der Waals surface area contributed by atoms with Gasteiger partial charge in [-0.05, 0) is 48.5 Å². The second-order valence-corrected chi connectivity index (χ2v) is 7.93. The van der Waals surface area contributed by atoms with Crippen molar-refractivity contribution in [3.8, 4) is 11.5 Å². The molecule has 1 N–H and O–H groups in total. The SMILES string of the molecule is CC(C)c1nnc2ccc(SCC(=O)Nc3ccc(Oc4ccccc4)cc3)nn12. The zero-order valence-electron chi connectivity index (χ0n) is 16.6. The van der Waals surface area contributed by atoms with Gasteiger partial charge in [0, 0.05) is 11.6 Å². The Bertz CT molecular complexity index is 1140. The highest BCUT2D eigenvalue weighted by Crippen LogP contribution is 2.23. The third-order valence-corrected chi connectivity index (χ3v) is 5.17. The fourth-order valence-electron chi connectivity index (χ4n) is 2.79. The molecule has 4 rings (SSSR count). The van der Waals surface area contributed by atoms with Gasteiger partial charge < -0.3 is 10.1 Å². The summed E-state index contributed by atoms with van der Waals surface area (Å²) in [7, 11) is 0. The lowest BCUT2D eigenvalue weighted by Gasteiger charge is -2.08. The summed E-state index contributed by atoms with van der Waals surface area (Å²) in [6.45, 7) is 4.09. The molecule has 0 bridgehead atoms. The first-order valence-corrected chi connectivity index (χ1v) is 10.5. The number of carbonyl (C=O) groups is 1. The minimum Gasteiger partial charge on any atom is -0.457 e. The number of amides is 1. The molecular weight excluding hydrogens is 398 g/mol. The molecule has 0 aliphatic carbocycles. The summed E-state index contributed by atoms with van der Waals surface area (Å²) in [5.74, 6) is 2.64. The maximum Gasteiger partial charge on any atom is 0.234 e. The summed E-state index contributed by atoms with van der Waals surface area (Å²) in [5.41, 5.74) is 1.41. The van der Waals surface area contributed by atoms with Crippen molar-refractivity contribution < 1.29 is 9.53 Å². The van der Waals surface area contributed by atoms with Gasteiger partial charge in [0.1, 0.15) is 16.5 Å². The van der Waals surface area contributed by atoms with Crippen LogP contribution in [0.3, 0.4) is 0 Å². The monoisotopic (exact) mass is 419 g/mol. The van der Waals surface area contributed by atoms with Gasteiger partial charge in [-0.15, -0.1) is 10.2 Å². The van der Waals surface area contributed by atoms with Crippen molar-refractivity contribution in [2.75, 3.05) is 11.1 Å². The topological polar surface area (TPSA) is 81.4 Å². The molecule has 0 saturated carbocycles. The van der Waals surface area contributed by atoms with E-state index in [9.17, 15) is 4.79 Å². The molecule has 152 valence electrons. The van der Waals surface area contributed by atoms with Crippen molar-refractivity contribution in [1.29, 1.82) is 0 Å². The highest BCUT2D eigenvalue weighted by molar-refractivity contribution is 7.99. The van der Waals surface area contributed by atoms with E-state index >= 15 is 0 Å². The average molecular weight is 420 g/mol. The molecule has 0 atom stereocenters. The van der Waals surface area contributed by atoms with Crippen LogP contribution < -0.4 is 10.1 Å². The Morgan fingerprint density at radius 3 is 2.47 bits per heavy atom. The number of anilines is 1. The van der Waals surface area contributed by atoms with Crippen molar-refractivity contribution in [1.82, 2.24) is 19.8 Å². The summed E-state index contributed by atoms with van der Waals surface area (Å²) >= 11 is 1.37. The molecule has 7 nitrogen and oxygen atoms in total. The number of rotatable bonds is 7. The molecule has 2 aromatic heterocycles. The number of nitrogens with zero attached hydrogens (tertiary/aromatic N) is 4. The van der Waals surface area contributed by atoms with Gasteiger partial charge in [-0.2, -0.15) is 9.61 Å². The third-order valence-electron chi connectivity index (χ3n) is 4.25. The number of nitrogens with one attached hydrogen (secondary N) is 1. The fourth-order valence-corrected chi connectivity index (χ4v) is 3.45. The Morgan fingerprint density at radius 1 is 1.00 bits per heavy atom. The quantitative estimate of drug-likeness (QED) is 0.435. The number of fused-ring (bicyclic) bond motifs is 1. The minimum absolute atomic E-state index is 0.105. The number of benzene rings is 2. The molecule has 0 unspecified atom stereocenters. The number of hydrogen-bond donors (Lipinski definition) is 1. The maximum atomic E-state index is 12.3. The molecule has 0 fully saturated rings. The molecule has 0 aliphatic rings. The summed E-state index contributed by atoms with van der Waals surface area (Å²) in [4.78, 5) is 12.3. The molecule has 0 aliphatic heterocycles. The lowest BCUT2D eigenvalue weighted by molar-refractivity contribution is -0.113. The number of ether oxygens (including phenoxy) is 1. The Kier molecular flexibility index (Phi) is 5.94. The van der Waals surface area contributed by atoms with E-state index in [2.05, 4.69) is 20.6 Å². The van der Waals surface area contributed by atoms with Gasteiger partial charge in [-0.25, -0.2) is 0 Å². The molecule has 0 radical (unpaired) electrons. The highest BCUT2D eigenvalue weighted by Gasteiger charge is 2.12. The molecule has 1 amide bonds. The van der Waals surface area contributed by atoms with Crippen LogP contribution in [0.5, 0.6) is 11.5 Å². The van der Waals surface area contributed by atoms with E-state index in [-0.39, 0.29) is 17.6 Å². The van der Waals surface area contributed by atoms with Gasteiger partial charge in [0.05, 0.1) is 5.75 Å². The first-order valence-electron chi connectivity index (χ1n) is 9.56. The largest absolute Gasteiger partial charge is 0.457 e. The van der Waals surface area contributed by atoms with Crippen LogP contribution in [0, 0.1) is 0 Å². The van der Waals surface area contributed by atoms with Crippen LogP contribution in [0.2, 0.25) is 0 Å². The molecule has 4 aromatic rings. The predicted octanol–water partition coefficient (Wildman–Crippen LogP) is 4.77. The number of carbonyl (C=O) groups excluding carboxylic acids is 1.